The summed E-state index contributed by atoms with van der Waals surface area (Å²) in [6.07, 6.45) is -0.170. The summed E-state index contributed by atoms with van der Waals surface area (Å²) < 4.78 is 11.9. The van der Waals surface area contributed by atoms with E-state index in [0.29, 0.717) is 0 Å². The zero-order valence-electron chi connectivity index (χ0n) is 19.5. The number of carbonyl (C=O) groups is 3. The van der Waals surface area contributed by atoms with Gasteiger partial charge < -0.3 is 19.9 Å². The second kappa shape index (κ2) is 9.98. The molecule has 0 saturated carbocycles. The van der Waals surface area contributed by atoms with Crippen molar-refractivity contribution in [1.82, 2.24) is 15.1 Å². The molecule has 1 aliphatic rings. The Morgan fingerprint density at radius 1 is 1.09 bits per heavy atom. The number of fused-ring (bicyclic) bond motifs is 3. The molecule has 3 N–H and O–H groups in total. The summed E-state index contributed by atoms with van der Waals surface area (Å²) in [6, 6.07) is 14.7. The number of aliphatic carboxylic acids is 1. The molecular formula is C25H26N4O6. The van der Waals surface area contributed by atoms with Gasteiger partial charge in [0, 0.05) is 26.3 Å². The number of carboxylic acid groups (broad SMARTS) is 1. The van der Waals surface area contributed by atoms with Crippen LogP contribution in [0.1, 0.15) is 34.3 Å². The highest BCUT2D eigenvalue weighted by Gasteiger charge is 2.31. The van der Waals surface area contributed by atoms with Gasteiger partial charge in [-0.15, -0.1) is 0 Å². The van der Waals surface area contributed by atoms with E-state index >= 15 is 0 Å². The fraction of sp³-hybridized carbons (Fsp3) is 0.280. The Morgan fingerprint density at radius 2 is 1.69 bits per heavy atom. The number of nitrogens with zero attached hydrogens (tertiary/aromatic N) is 2. The van der Waals surface area contributed by atoms with Gasteiger partial charge in [0.1, 0.15) is 12.2 Å². The van der Waals surface area contributed by atoms with Crippen LogP contribution >= 0.6 is 0 Å². The van der Waals surface area contributed by atoms with E-state index in [4.69, 9.17) is 9.47 Å². The van der Waals surface area contributed by atoms with Crippen molar-refractivity contribution in [1.29, 1.82) is 0 Å². The summed E-state index contributed by atoms with van der Waals surface area (Å²) >= 11 is 0. The second-order valence-electron chi connectivity index (χ2n) is 8.25. The van der Waals surface area contributed by atoms with E-state index in [9.17, 15) is 19.5 Å². The van der Waals surface area contributed by atoms with Crippen molar-refractivity contribution in [3.8, 4) is 11.1 Å². The maximum Gasteiger partial charge on any atom is 0.412 e. The quantitative estimate of drug-likeness (QED) is 0.453. The Labute approximate surface area is 201 Å². The third-order valence-corrected chi connectivity index (χ3v) is 6.03. The molecule has 182 valence electrons. The lowest BCUT2D eigenvalue weighted by Gasteiger charge is -2.20. The molecule has 2 atom stereocenters. The highest BCUT2D eigenvalue weighted by atomic mass is 16.5. The summed E-state index contributed by atoms with van der Waals surface area (Å²) in [6.45, 7) is 1.62. The molecule has 2 aromatic carbocycles. The van der Waals surface area contributed by atoms with Crippen LogP contribution in [0.15, 0.2) is 54.7 Å². The van der Waals surface area contributed by atoms with Gasteiger partial charge in [0.25, 0.3) is 5.91 Å². The first-order chi connectivity index (χ1) is 16.8. The normalized spacial score (nSPS) is 13.9. The predicted molar refractivity (Wildman–Crippen MR) is 127 cm³/mol. The number of aryl methyl sites for hydroxylation is 1. The Kier molecular flexibility index (Phi) is 6.83. The molecule has 3 aromatic rings. The van der Waals surface area contributed by atoms with Gasteiger partial charge in [0.2, 0.25) is 0 Å². The Bertz CT molecular complexity index is 1220. The van der Waals surface area contributed by atoms with Crippen LogP contribution in [-0.4, -0.2) is 58.7 Å². The van der Waals surface area contributed by atoms with Gasteiger partial charge >= 0.3 is 12.1 Å². The lowest BCUT2D eigenvalue weighted by Crippen LogP contribution is -2.48. The average molecular weight is 479 g/mol. The highest BCUT2D eigenvalue weighted by molar-refractivity contribution is 6.02. The van der Waals surface area contributed by atoms with E-state index in [1.54, 1.807) is 7.05 Å². The summed E-state index contributed by atoms with van der Waals surface area (Å²) in [4.78, 5) is 36.9. The minimum atomic E-state index is -1.28. The number of hydrogen-bond acceptors (Lipinski definition) is 6. The van der Waals surface area contributed by atoms with Gasteiger partial charge in [-0.25, -0.2) is 9.59 Å². The van der Waals surface area contributed by atoms with E-state index in [1.807, 2.05) is 48.5 Å². The van der Waals surface area contributed by atoms with Crippen molar-refractivity contribution < 1.29 is 29.0 Å². The van der Waals surface area contributed by atoms with E-state index in [-0.39, 0.29) is 23.9 Å². The molecule has 0 bridgehead atoms. The maximum absolute atomic E-state index is 12.8. The van der Waals surface area contributed by atoms with Crippen molar-refractivity contribution in [2.45, 2.75) is 25.0 Å². The number of amides is 2. The fourth-order valence-corrected chi connectivity index (χ4v) is 4.21. The first-order valence-electron chi connectivity index (χ1n) is 11.0. The first kappa shape index (κ1) is 24.0. The van der Waals surface area contributed by atoms with E-state index < -0.39 is 30.1 Å². The first-order valence-corrected chi connectivity index (χ1v) is 11.0. The Morgan fingerprint density at radius 3 is 2.26 bits per heavy atom. The molecule has 2 amide bonds. The Balaban J connectivity index is 1.45. The van der Waals surface area contributed by atoms with Gasteiger partial charge in [-0.3, -0.25) is 14.8 Å². The van der Waals surface area contributed by atoms with E-state index in [1.165, 1.54) is 24.9 Å². The van der Waals surface area contributed by atoms with Crippen LogP contribution in [-0.2, 0) is 21.3 Å². The topological polar surface area (TPSA) is 132 Å². The van der Waals surface area contributed by atoms with Crippen LogP contribution in [0.25, 0.3) is 11.1 Å². The molecule has 1 heterocycles. The molecule has 0 spiro atoms. The molecule has 10 heteroatoms. The molecule has 0 aliphatic heterocycles. The number of aromatic nitrogens is 2. The maximum atomic E-state index is 12.8. The van der Waals surface area contributed by atoms with Crippen molar-refractivity contribution in [3.05, 3.63) is 71.4 Å². The Hall–Kier alpha value is -4.18. The number of methoxy groups -OCH3 is 1. The molecule has 10 nitrogen and oxygen atoms in total. The predicted octanol–water partition coefficient (Wildman–Crippen LogP) is 3.00. The van der Waals surface area contributed by atoms with Gasteiger partial charge in [-0.2, -0.15) is 5.10 Å². The van der Waals surface area contributed by atoms with Gasteiger partial charge in [0.05, 0.1) is 6.10 Å². The van der Waals surface area contributed by atoms with E-state index in [2.05, 4.69) is 15.7 Å². The van der Waals surface area contributed by atoms with Crippen molar-refractivity contribution in [2.75, 3.05) is 19.0 Å². The van der Waals surface area contributed by atoms with Crippen LogP contribution < -0.4 is 10.6 Å². The van der Waals surface area contributed by atoms with Crippen LogP contribution in [0.2, 0.25) is 0 Å². The number of rotatable bonds is 8. The molecule has 0 radical (unpaired) electrons. The van der Waals surface area contributed by atoms with Gasteiger partial charge in [-0.1, -0.05) is 48.5 Å². The summed E-state index contributed by atoms with van der Waals surface area (Å²) in [5, 5.41) is 18.4. The van der Waals surface area contributed by atoms with Crippen LogP contribution in [0.3, 0.4) is 0 Å². The summed E-state index contributed by atoms with van der Waals surface area (Å²) in [5.41, 5.74) is 4.37. The molecule has 0 fully saturated rings. The average Bonchev–Trinajstić information content (AvgIpc) is 3.37. The number of hydrogen-bond donors (Lipinski definition) is 3. The van der Waals surface area contributed by atoms with Crippen molar-refractivity contribution in [3.63, 3.8) is 0 Å². The fourth-order valence-electron chi connectivity index (χ4n) is 4.21. The van der Waals surface area contributed by atoms with Crippen LogP contribution in [0, 0.1) is 0 Å². The summed E-state index contributed by atoms with van der Waals surface area (Å²) in [7, 11) is 2.92. The third kappa shape index (κ3) is 4.87. The van der Waals surface area contributed by atoms with Crippen LogP contribution in [0.5, 0.6) is 0 Å². The lowest BCUT2D eigenvalue weighted by atomic mass is 9.98. The number of carbonyl (C=O) groups excluding carboxylic acids is 2. The monoisotopic (exact) mass is 478 g/mol. The number of anilines is 1. The minimum absolute atomic E-state index is 0.00411. The zero-order valence-corrected chi connectivity index (χ0v) is 19.5. The largest absolute Gasteiger partial charge is 0.480 e. The smallest absolute Gasteiger partial charge is 0.412 e. The van der Waals surface area contributed by atoms with Crippen molar-refractivity contribution >= 4 is 23.8 Å². The number of carboxylic acids is 1. The molecule has 4 rings (SSSR count). The van der Waals surface area contributed by atoms with Gasteiger partial charge in [-0.05, 0) is 29.2 Å². The SMILES string of the molecule is COC(C)C(NC(=O)c1cn(C)nc1NC(=O)OCC1c2ccccc2-c2ccccc21)C(=O)O. The molecule has 0 saturated heterocycles. The highest BCUT2D eigenvalue weighted by Crippen LogP contribution is 2.44. The zero-order chi connectivity index (χ0) is 25.1. The van der Waals surface area contributed by atoms with E-state index in [0.717, 1.165) is 22.3 Å². The molecule has 1 aromatic heterocycles. The van der Waals surface area contributed by atoms with Gasteiger partial charge in [0.15, 0.2) is 11.9 Å². The number of ether oxygens (including phenoxy) is 2. The molecule has 1 aliphatic carbocycles. The molecule has 2 unspecified atom stereocenters. The lowest BCUT2D eigenvalue weighted by molar-refractivity contribution is -0.142. The van der Waals surface area contributed by atoms with Crippen LogP contribution in [0.4, 0.5) is 10.6 Å². The molecule has 35 heavy (non-hydrogen) atoms. The number of nitrogens with one attached hydrogen (secondary N) is 2. The third-order valence-electron chi connectivity index (χ3n) is 6.03. The summed E-state index contributed by atoms with van der Waals surface area (Å²) in [5.74, 6) is -2.13. The standard InChI is InChI=1S/C25H26N4O6/c1-14(34-3)21(24(31)32)26-23(30)19-12-29(2)28-22(19)27-25(33)35-13-20-17-10-6-4-8-15(17)16-9-5-7-11-18(16)20/h4-12,14,20-21H,13H2,1-3H3,(H,26,30)(H,31,32)(H,27,28,33). The second-order valence-corrected chi connectivity index (χ2v) is 8.25. The minimum Gasteiger partial charge on any atom is -0.480 e. The number of benzene rings is 2. The van der Waals surface area contributed by atoms with Crippen molar-refractivity contribution in [2.24, 2.45) is 7.05 Å². The molecular weight excluding hydrogens is 452 g/mol.